The topological polar surface area (TPSA) is 12.4 Å². The van der Waals surface area contributed by atoms with Crippen LogP contribution in [0, 0.1) is 0 Å². The molecule has 0 bridgehead atoms. The molecule has 0 unspecified atom stereocenters. The fourth-order valence-corrected chi connectivity index (χ4v) is 1.05. The van der Waals surface area contributed by atoms with Gasteiger partial charge in [0.2, 0.25) is 0 Å². The van der Waals surface area contributed by atoms with Crippen LogP contribution in [0.1, 0.15) is 6.92 Å². The molecule has 0 saturated heterocycles. The van der Waals surface area contributed by atoms with Crippen LogP contribution in [0.25, 0.3) is 0 Å². The van der Waals surface area contributed by atoms with Crippen LogP contribution in [0.5, 0.6) is 0 Å². The molecule has 0 aromatic carbocycles. The molecule has 0 aliphatic carbocycles. The van der Waals surface area contributed by atoms with E-state index in [0.717, 1.165) is 11.4 Å². The van der Waals surface area contributed by atoms with Crippen molar-refractivity contribution in [2.24, 2.45) is 4.99 Å². The predicted molar refractivity (Wildman–Crippen MR) is 34.7 cm³/mol. The Morgan fingerprint density at radius 2 is 2.71 bits per heavy atom. The zero-order valence-electron chi connectivity index (χ0n) is 4.22. The summed E-state index contributed by atoms with van der Waals surface area (Å²) in [7, 11) is 0. The molecule has 1 rings (SSSR count). The highest BCUT2D eigenvalue weighted by Gasteiger charge is 1.87. The Hall–Kier alpha value is -0.240. The molecule has 0 aromatic heterocycles. The van der Waals surface area contributed by atoms with E-state index in [1.165, 1.54) is 0 Å². The number of nitrogens with zero attached hydrogens (tertiary/aromatic N) is 1. The summed E-state index contributed by atoms with van der Waals surface area (Å²) in [6.45, 7) is 2.01. The summed E-state index contributed by atoms with van der Waals surface area (Å²) in [5, 5.41) is 0. The second kappa shape index (κ2) is 2.17. The molecule has 0 amide bonds. The average molecular weight is 113 g/mol. The lowest BCUT2D eigenvalue weighted by Gasteiger charge is -1.96. The molecule has 0 fully saturated rings. The van der Waals surface area contributed by atoms with Crippen molar-refractivity contribution in [2.75, 3.05) is 5.75 Å². The van der Waals surface area contributed by atoms with E-state index in [-0.39, 0.29) is 0 Å². The molecule has 38 valence electrons. The Balaban J connectivity index is 2.58. The normalized spacial score (nSPS) is 19.3. The van der Waals surface area contributed by atoms with Gasteiger partial charge in [-0.15, -0.1) is 11.8 Å². The maximum atomic E-state index is 4.03. The van der Waals surface area contributed by atoms with Crippen LogP contribution in [0.15, 0.2) is 16.8 Å². The molecule has 7 heavy (non-hydrogen) atoms. The molecule has 1 heterocycles. The molecule has 1 aliphatic rings. The summed E-state index contributed by atoms with van der Waals surface area (Å²) in [6, 6.07) is 0. The quantitative estimate of drug-likeness (QED) is 0.465. The second-order valence-electron chi connectivity index (χ2n) is 1.41. The van der Waals surface area contributed by atoms with Gasteiger partial charge in [0.15, 0.2) is 0 Å². The molecule has 0 N–H and O–H groups in total. The van der Waals surface area contributed by atoms with Gasteiger partial charge in [0.05, 0.1) is 5.55 Å². The van der Waals surface area contributed by atoms with Crippen molar-refractivity contribution in [3.63, 3.8) is 0 Å². The highest BCUT2D eigenvalue weighted by atomic mass is 32.2. The first kappa shape index (κ1) is 4.91. The average Bonchev–Trinajstić information content (AvgIpc) is 1.69. The number of thioether (sulfide) groups is 1. The first-order valence-corrected chi connectivity index (χ1v) is 3.25. The van der Waals surface area contributed by atoms with Gasteiger partial charge >= 0.3 is 0 Å². The van der Waals surface area contributed by atoms with E-state index in [4.69, 9.17) is 0 Å². The van der Waals surface area contributed by atoms with E-state index in [1.54, 1.807) is 11.8 Å². The van der Waals surface area contributed by atoms with Crippen molar-refractivity contribution in [1.29, 1.82) is 0 Å². The van der Waals surface area contributed by atoms with Gasteiger partial charge in [0.1, 0.15) is 0 Å². The maximum Gasteiger partial charge on any atom is 0.0602 e. The van der Waals surface area contributed by atoms with Crippen molar-refractivity contribution in [1.82, 2.24) is 0 Å². The fraction of sp³-hybridized carbons (Fsp3) is 0.400. The molecule has 2 heteroatoms. The van der Waals surface area contributed by atoms with Crippen LogP contribution in [0.2, 0.25) is 0 Å². The number of hydrogen-bond acceptors (Lipinski definition) is 2. The summed E-state index contributed by atoms with van der Waals surface area (Å²) < 4.78 is 0. The molecule has 0 spiro atoms. The lowest BCUT2D eigenvalue weighted by Crippen LogP contribution is -1.81. The molecule has 0 atom stereocenters. The van der Waals surface area contributed by atoms with Crippen LogP contribution in [-0.2, 0) is 0 Å². The van der Waals surface area contributed by atoms with Gasteiger partial charge < -0.3 is 0 Å². The molecular weight excluding hydrogens is 106 g/mol. The lowest BCUT2D eigenvalue weighted by atomic mass is 10.5. The van der Waals surface area contributed by atoms with Crippen molar-refractivity contribution in [3.05, 3.63) is 11.8 Å². The van der Waals surface area contributed by atoms with E-state index >= 15 is 0 Å². The van der Waals surface area contributed by atoms with Crippen molar-refractivity contribution in [2.45, 2.75) is 6.92 Å². The number of hydrogen-bond donors (Lipinski definition) is 0. The third-order valence-electron chi connectivity index (χ3n) is 0.806. The highest BCUT2D eigenvalue weighted by Crippen LogP contribution is 2.06. The Labute approximate surface area is 47.5 Å². The van der Waals surface area contributed by atoms with Gasteiger partial charge in [-0.3, -0.25) is 4.99 Å². The first-order chi connectivity index (χ1) is 3.39. The minimum absolute atomic E-state index is 1.09. The largest absolute Gasteiger partial charge is 0.255 e. The van der Waals surface area contributed by atoms with E-state index < -0.39 is 0 Å². The summed E-state index contributed by atoms with van der Waals surface area (Å²) in [6.07, 6.45) is 2.12. The summed E-state index contributed by atoms with van der Waals surface area (Å²) in [5.74, 6) is 1.09. The highest BCUT2D eigenvalue weighted by molar-refractivity contribution is 8.12. The summed E-state index contributed by atoms with van der Waals surface area (Å²) in [5.41, 5.74) is 3.02. The second-order valence-corrected chi connectivity index (χ2v) is 2.29. The van der Waals surface area contributed by atoms with Crippen LogP contribution in [-0.4, -0.2) is 11.3 Å². The van der Waals surface area contributed by atoms with Crippen molar-refractivity contribution < 1.29 is 0 Å². The van der Waals surface area contributed by atoms with E-state index in [0.29, 0.717) is 0 Å². The molecule has 1 nitrogen and oxygen atoms in total. The van der Waals surface area contributed by atoms with E-state index in [1.807, 2.05) is 12.5 Å². The van der Waals surface area contributed by atoms with Gasteiger partial charge in [-0.05, 0) is 6.92 Å². The van der Waals surface area contributed by atoms with Gasteiger partial charge in [0.25, 0.3) is 0 Å². The van der Waals surface area contributed by atoms with E-state index in [2.05, 4.69) is 11.1 Å². The fourth-order valence-electron chi connectivity index (χ4n) is 0.385. The third kappa shape index (κ3) is 1.35. The monoisotopic (exact) mass is 113 g/mol. The summed E-state index contributed by atoms with van der Waals surface area (Å²) >= 11 is 1.73. The van der Waals surface area contributed by atoms with Crippen LogP contribution >= 0.6 is 11.8 Å². The van der Waals surface area contributed by atoms with Gasteiger partial charge in [-0.25, -0.2) is 0 Å². The van der Waals surface area contributed by atoms with Crippen LogP contribution in [0.3, 0.4) is 0 Å². The first-order valence-electron chi connectivity index (χ1n) is 2.20. The minimum Gasteiger partial charge on any atom is -0.255 e. The minimum atomic E-state index is 1.09. The molecular formula is C5H7NS. The Kier molecular flexibility index (Phi) is 1.52. The number of rotatable bonds is 0. The van der Waals surface area contributed by atoms with Crippen LogP contribution < -0.4 is 0 Å². The Bertz CT molecular complexity index is 115. The lowest BCUT2D eigenvalue weighted by molar-refractivity contribution is 1.30. The predicted octanol–water partition coefficient (Wildman–Crippen LogP) is 1.67. The molecule has 1 aliphatic heterocycles. The van der Waals surface area contributed by atoms with Gasteiger partial charge in [0, 0.05) is 11.4 Å². The van der Waals surface area contributed by atoms with Gasteiger partial charge in [-0.2, -0.15) is 0 Å². The molecule has 0 radical (unpaired) electrons. The molecule has 0 aromatic rings. The van der Waals surface area contributed by atoms with Crippen molar-refractivity contribution in [3.8, 4) is 0 Å². The summed E-state index contributed by atoms with van der Waals surface area (Å²) in [4.78, 5) is 4.03. The van der Waals surface area contributed by atoms with Gasteiger partial charge in [-0.1, -0.05) is 6.08 Å². The van der Waals surface area contributed by atoms with E-state index in [9.17, 15) is 0 Å². The zero-order valence-corrected chi connectivity index (χ0v) is 5.03. The zero-order chi connectivity index (χ0) is 5.11. The third-order valence-corrected chi connectivity index (χ3v) is 1.42. The smallest absolute Gasteiger partial charge is 0.0602 e. The Morgan fingerprint density at radius 3 is 3.00 bits per heavy atom. The Morgan fingerprint density at radius 1 is 1.86 bits per heavy atom. The standard InChI is InChI=1S/C5H7NS/c1-5-2-3-7-4-6-5/h2,4H,3H2,1H3. The maximum absolute atomic E-state index is 4.03. The number of aliphatic imine (C=N–C) groups is 1. The van der Waals surface area contributed by atoms with Crippen molar-refractivity contribution >= 4 is 17.3 Å². The number of allylic oxidation sites excluding steroid dienone is 1. The molecule has 0 saturated carbocycles. The SMILES string of the molecule is CC1=CCSC=N1. The van der Waals surface area contributed by atoms with Crippen LogP contribution in [0.4, 0.5) is 0 Å².